The van der Waals surface area contributed by atoms with Crippen molar-refractivity contribution in [2.45, 2.75) is 33.7 Å². The highest BCUT2D eigenvalue weighted by molar-refractivity contribution is 5.95. The topological polar surface area (TPSA) is 55.8 Å². The predicted molar refractivity (Wildman–Crippen MR) is 146 cm³/mol. The number of carbonyl (C=O) groups is 1. The van der Waals surface area contributed by atoms with Crippen LogP contribution in [0.25, 0.3) is 0 Å². The van der Waals surface area contributed by atoms with Gasteiger partial charge in [0.2, 0.25) is 5.95 Å². The fraction of sp³-hybridized carbons (Fsp3) is 0.414. The van der Waals surface area contributed by atoms with E-state index in [0.717, 1.165) is 73.3 Å². The average molecular weight is 485 g/mol. The lowest BCUT2D eigenvalue weighted by Crippen LogP contribution is -2.47. The van der Waals surface area contributed by atoms with Crippen molar-refractivity contribution in [2.75, 3.05) is 61.0 Å². The van der Waals surface area contributed by atoms with Gasteiger partial charge in [-0.25, -0.2) is 4.98 Å². The number of hydrogen-bond donors (Lipinski definition) is 0. The lowest BCUT2D eigenvalue weighted by Gasteiger charge is -2.37. The zero-order valence-electron chi connectivity index (χ0n) is 21.9. The molecular weight excluding hydrogens is 448 g/mol. The second kappa shape index (κ2) is 10.2. The Morgan fingerprint density at radius 2 is 1.61 bits per heavy atom. The molecule has 1 aromatic heterocycles. The molecule has 3 heterocycles. The van der Waals surface area contributed by atoms with Crippen LogP contribution in [0.15, 0.2) is 48.5 Å². The van der Waals surface area contributed by atoms with Crippen molar-refractivity contribution >= 4 is 23.4 Å². The maximum Gasteiger partial charge on any atom is 0.254 e. The molecule has 0 N–H and O–H groups in total. The minimum Gasteiger partial charge on any atom is -0.368 e. The van der Waals surface area contributed by atoms with Crippen molar-refractivity contribution in [3.05, 3.63) is 76.5 Å². The normalized spacial score (nSPS) is 15.6. The van der Waals surface area contributed by atoms with E-state index in [1.807, 2.05) is 36.1 Å². The minimum atomic E-state index is 0.0835. The van der Waals surface area contributed by atoms with E-state index in [0.29, 0.717) is 13.1 Å². The molecule has 188 valence electrons. The van der Waals surface area contributed by atoms with Crippen molar-refractivity contribution in [2.24, 2.45) is 0 Å². The number of anilines is 3. The Balaban J connectivity index is 1.36. The fourth-order valence-corrected chi connectivity index (χ4v) is 5.07. The first-order valence-electron chi connectivity index (χ1n) is 13.0. The van der Waals surface area contributed by atoms with Crippen LogP contribution in [0.2, 0.25) is 0 Å². The van der Waals surface area contributed by atoms with E-state index in [1.54, 1.807) is 0 Å². The van der Waals surface area contributed by atoms with Crippen molar-refractivity contribution in [3.8, 4) is 0 Å². The fourth-order valence-electron chi connectivity index (χ4n) is 5.07. The van der Waals surface area contributed by atoms with Gasteiger partial charge in [-0.1, -0.05) is 35.9 Å². The van der Waals surface area contributed by atoms with Crippen LogP contribution in [-0.2, 0) is 13.0 Å². The summed E-state index contributed by atoms with van der Waals surface area (Å²) in [5, 5.41) is 0. The quantitative estimate of drug-likeness (QED) is 0.544. The van der Waals surface area contributed by atoms with Crippen LogP contribution in [0.1, 0.15) is 39.7 Å². The Bertz CT molecular complexity index is 1230. The summed E-state index contributed by atoms with van der Waals surface area (Å²) in [5.41, 5.74) is 6.49. The Labute approximate surface area is 214 Å². The number of fused-ring (bicyclic) bond motifs is 1. The van der Waals surface area contributed by atoms with Gasteiger partial charge in [0, 0.05) is 69.6 Å². The molecule has 1 saturated heterocycles. The molecule has 5 rings (SSSR count). The number of rotatable bonds is 5. The van der Waals surface area contributed by atoms with Gasteiger partial charge in [0.05, 0.1) is 12.2 Å². The second-order valence-electron chi connectivity index (χ2n) is 9.89. The number of amides is 1. The molecule has 0 saturated carbocycles. The molecule has 1 fully saturated rings. The van der Waals surface area contributed by atoms with E-state index in [4.69, 9.17) is 9.97 Å². The SMILES string of the molecule is CCN(C)c1nc(N2CCN(c3ccc(C)cc3)CC2)nc2c1CN(C(=O)c1ccccc1C)CC2. The summed E-state index contributed by atoms with van der Waals surface area (Å²) in [6.45, 7) is 12.0. The van der Waals surface area contributed by atoms with E-state index in [1.165, 1.54) is 11.3 Å². The van der Waals surface area contributed by atoms with Crippen LogP contribution in [-0.4, -0.2) is 67.1 Å². The van der Waals surface area contributed by atoms with Crippen LogP contribution >= 0.6 is 0 Å². The Morgan fingerprint density at radius 1 is 0.917 bits per heavy atom. The smallest absolute Gasteiger partial charge is 0.254 e. The van der Waals surface area contributed by atoms with Gasteiger partial charge >= 0.3 is 0 Å². The number of aryl methyl sites for hydroxylation is 2. The van der Waals surface area contributed by atoms with E-state index in [9.17, 15) is 4.79 Å². The zero-order chi connectivity index (χ0) is 25.2. The zero-order valence-corrected chi connectivity index (χ0v) is 21.9. The molecule has 2 aromatic carbocycles. The van der Waals surface area contributed by atoms with Gasteiger partial charge in [-0.15, -0.1) is 0 Å². The molecule has 0 bridgehead atoms. The minimum absolute atomic E-state index is 0.0835. The van der Waals surface area contributed by atoms with Crippen LogP contribution in [0.4, 0.5) is 17.5 Å². The molecule has 0 atom stereocenters. The maximum absolute atomic E-state index is 13.3. The number of piperazine rings is 1. The van der Waals surface area contributed by atoms with Crippen LogP contribution in [0, 0.1) is 13.8 Å². The summed E-state index contributed by atoms with van der Waals surface area (Å²) in [7, 11) is 2.07. The van der Waals surface area contributed by atoms with E-state index in [-0.39, 0.29) is 5.91 Å². The highest BCUT2D eigenvalue weighted by Crippen LogP contribution is 2.30. The summed E-state index contributed by atoms with van der Waals surface area (Å²) in [6, 6.07) is 16.6. The van der Waals surface area contributed by atoms with Gasteiger partial charge in [-0.2, -0.15) is 4.98 Å². The second-order valence-corrected chi connectivity index (χ2v) is 9.89. The maximum atomic E-state index is 13.3. The Hall–Kier alpha value is -3.61. The Kier molecular flexibility index (Phi) is 6.81. The first-order valence-corrected chi connectivity index (χ1v) is 13.0. The molecule has 36 heavy (non-hydrogen) atoms. The molecule has 0 unspecified atom stereocenters. The number of aromatic nitrogens is 2. The van der Waals surface area contributed by atoms with Crippen molar-refractivity contribution in [1.82, 2.24) is 14.9 Å². The van der Waals surface area contributed by atoms with E-state index < -0.39 is 0 Å². The third kappa shape index (κ3) is 4.74. The monoisotopic (exact) mass is 484 g/mol. The van der Waals surface area contributed by atoms with Crippen LogP contribution < -0.4 is 14.7 Å². The first kappa shape index (κ1) is 24.1. The van der Waals surface area contributed by atoms with Gasteiger partial charge in [0.15, 0.2) is 0 Å². The lowest BCUT2D eigenvalue weighted by molar-refractivity contribution is 0.0733. The summed E-state index contributed by atoms with van der Waals surface area (Å²) < 4.78 is 0. The third-order valence-corrected chi connectivity index (χ3v) is 7.49. The molecule has 7 heteroatoms. The van der Waals surface area contributed by atoms with Crippen LogP contribution in [0.5, 0.6) is 0 Å². The summed E-state index contributed by atoms with van der Waals surface area (Å²) >= 11 is 0. The van der Waals surface area contributed by atoms with Crippen molar-refractivity contribution < 1.29 is 4.79 Å². The lowest BCUT2D eigenvalue weighted by atomic mass is 10.0. The predicted octanol–water partition coefficient (Wildman–Crippen LogP) is 4.07. The molecule has 0 spiro atoms. The number of benzene rings is 2. The largest absolute Gasteiger partial charge is 0.368 e. The first-order chi connectivity index (χ1) is 17.4. The third-order valence-electron chi connectivity index (χ3n) is 7.49. The molecule has 7 nitrogen and oxygen atoms in total. The van der Waals surface area contributed by atoms with Gasteiger partial charge in [0.1, 0.15) is 5.82 Å². The van der Waals surface area contributed by atoms with Crippen molar-refractivity contribution in [3.63, 3.8) is 0 Å². The Morgan fingerprint density at radius 3 is 2.31 bits per heavy atom. The highest BCUT2D eigenvalue weighted by Gasteiger charge is 2.29. The van der Waals surface area contributed by atoms with Gasteiger partial charge in [-0.05, 0) is 44.5 Å². The molecule has 0 aliphatic carbocycles. The highest BCUT2D eigenvalue weighted by atomic mass is 16.2. The van der Waals surface area contributed by atoms with E-state index in [2.05, 4.69) is 59.9 Å². The summed E-state index contributed by atoms with van der Waals surface area (Å²) in [5.74, 6) is 1.84. The molecule has 1 amide bonds. The van der Waals surface area contributed by atoms with Gasteiger partial charge in [0.25, 0.3) is 5.91 Å². The van der Waals surface area contributed by atoms with Gasteiger partial charge in [-0.3, -0.25) is 4.79 Å². The number of hydrogen-bond acceptors (Lipinski definition) is 6. The molecule has 2 aliphatic heterocycles. The number of carbonyl (C=O) groups excluding carboxylic acids is 1. The van der Waals surface area contributed by atoms with Crippen LogP contribution in [0.3, 0.4) is 0 Å². The summed E-state index contributed by atoms with van der Waals surface area (Å²) in [6.07, 6.45) is 0.746. The van der Waals surface area contributed by atoms with E-state index >= 15 is 0 Å². The molecule has 2 aliphatic rings. The average Bonchev–Trinajstić information content (AvgIpc) is 2.92. The standard InChI is InChI=1S/C29H36N6O/c1-5-32(4)27-25-20-35(28(36)24-9-7-6-8-22(24)3)15-14-26(25)30-29(31-27)34-18-16-33(17-19-34)23-12-10-21(2)11-13-23/h6-13H,5,14-20H2,1-4H3. The molecular formula is C29H36N6O. The number of nitrogens with zero attached hydrogens (tertiary/aromatic N) is 6. The summed E-state index contributed by atoms with van der Waals surface area (Å²) in [4.78, 5) is 32.3. The molecule has 3 aromatic rings. The molecule has 0 radical (unpaired) electrons. The van der Waals surface area contributed by atoms with Gasteiger partial charge < -0.3 is 19.6 Å². The van der Waals surface area contributed by atoms with Crippen molar-refractivity contribution in [1.29, 1.82) is 0 Å².